The summed E-state index contributed by atoms with van der Waals surface area (Å²) in [5.41, 5.74) is 0.694. The average Bonchev–Trinajstić information content (AvgIpc) is 2.95. The van der Waals surface area contributed by atoms with Crippen LogP contribution in [0.3, 0.4) is 0 Å². The van der Waals surface area contributed by atoms with Gasteiger partial charge in [0.05, 0.1) is 0 Å². The molecule has 0 radical (unpaired) electrons. The van der Waals surface area contributed by atoms with Gasteiger partial charge in [0.1, 0.15) is 0 Å². The lowest BCUT2D eigenvalue weighted by molar-refractivity contribution is -0.107. The summed E-state index contributed by atoms with van der Waals surface area (Å²) in [6.45, 7) is 24.2. The van der Waals surface area contributed by atoms with Gasteiger partial charge in [-0.2, -0.15) is 0 Å². The molecule has 7 saturated carbocycles. The summed E-state index contributed by atoms with van der Waals surface area (Å²) in [5.74, 6) is 14.6. The Morgan fingerprint density at radius 1 is 0.548 bits per heavy atom. The van der Waals surface area contributed by atoms with E-state index < -0.39 is 0 Å². The molecule has 7 aliphatic carbocycles. The van der Waals surface area contributed by atoms with Crippen molar-refractivity contribution in [2.75, 3.05) is 0 Å². The van der Waals surface area contributed by atoms with Crippen LogP contribution in [0.5, 0.6) is 0 Å². The second-order valence-electron chi connectivity index (χ2n) is 19.0. The minimum absolute atomic E-state index is 0.694. The first kappa shape index (κ1) is 34.9. The predicted molar refractivity (Wildman–Crippen MR) is 187 cm³/mol. The summed E-state index contributed by atoms with van der Waals surface area (Å²) in [7, 11) is 0. The van der Waals surface area contributed by atoms with Gasteiger partial charge in [-0.25, -0.2) is 0 Å². The molecule has 246 valence electrons. The molecule has 0 amide bonds. The fourth-order valence-electron chi connectivity index (χ4n) is 11.7. The SMILES string of the molecule is CC(C)CC[C@H]1CC[C@H]2C[C@@H]1C2(C)C.CCC1C[C@@H]2CC(C(C)C)C[C@H](C1)C2.CCC1C[C@@H]2CC(C(C)C)C[C@H](C1)C2. The summed E-state index contributed by atoms with van der Waals surface area (Å²) in [4.78, 5) is 0. The third-order valence-corrected chi connectivity index (χ3v) is 14.7. The average molecular weight is 583 g/mol. The van der Waals surface area contributed by atoms with Crippen molar-refractivity contribution < 1.29 is 0 Å². The van der Waals surface area contributed by atoms with Crippen molar-refractivity contribution in [1.82, 2.24) is 0 Å². The van der Waals surface area contributed by atoms with Crippen molar-refractivity contribution >= 4 is 0 Å². The molecule has 0 aliphatic heterocycles. The zero-order valence-electron chi connectivity index (χ0n) is 30.6. The highest BCUT2D eigenvalue weighted by atomic mass is 14.6. The first-order valence-corrected chi connectivity index (χ1v) is 19.9. The number of rotatable bonds is 7. The second-order valence-corrected chi connectivity index (χ2v) is 19.0. The van der Waals surface area contributed by atoms with Gasteiger partial charge in [0.25, 0.3) is 0 Å². The quantitative estimate of drug-likeness (QED) is 0.280. The highest BCUT2D eigenvalue weighted by Crippen LogP contribution is 2.62. The third-order valence-electron chi connectivity index (χ3n) is 14.7. The largest absolute Gasteiger partial charge is 0.0651 e. The van der Waals surface area contributed by atoms with Crippen LogP contribution in [-0.4, -0.2) is 0 Å². The monoisotopic (exact) mass is 583 g/mol. The van der Waals surface area contributed by atoms with Crippen molar-refractivity contribution in [3.8, 4) is 0 Å². The van der Waals surface area contributed by atoms with Crippen LogP contribution in [0.2, 0.25) is 0 Å². The molecule has 42 heavy (non-hydrogen) atoms. The maximum atomic E-state index is 2.51. The molecular formula is C42H78. The summed E-state index contributed by atoms with van der Waals surface area (Å²) in [5, 5.41) is 0. The molecule has 0 nitrogen and oxygen atoms in total. The Morgan fingerprint density at radius 2 is 0.976 bits per heavy atom. The molecule has 0 heterocycles. The molecule has 0 spiro atoms. The normalized spacial score (nSPS) is 41.8. The van der Waals surface area contributed by atoms with E-state index in [-0.39, 0.29) is 0 Å². The number of hydrogen-bond acceptors (Lipinski definition) is 0. The minimum atomic E-state index is 0.694. The molecule has 6 bridgehead atoms. The second kappa shape index (κ2) is 15.5. The molecule has 0 heteroatoms. The van der Waals surface area contributed by atoms with Crippen molar-refractivity contribution in [1.29, 1.82) is 0 Å². The van der Waals surface area contributed by atoms with Gasteiger partial charge in [-0.05, 0) is 178 Å². The van der Waals surface area contributed by atoms with E-state index >= 15 is 0 Å². The maximum Gasteiger partial charge on any atom is -0.0295 e. The maximum absolute atomic E-state index is 2.51. The van der Waals surface area contributed by atoms with Gasteiger partial charge in [0.15, 0.2) is 0 Å². The van der Waals surface area contributed by atoms with Gasteiger partial charge >= 0.3 is 0 Å². The van der Waals surface area contributed by atoms with Gasteiger partial charge < -0.3 is 0 Å². The summed E-state index contributed by atoms with van der Waals surface area (Å²) < 4.78 is 0. The first-order chi connectivity index (χ1) is 19.9. The van der Waals surface area contributed by atoms with Gasteiger partial charge in [-0.1, -0.05) is 88.5 Å². The number of hydrogen-bond donors (Lipinski definition) is 0. The van der Waals surface area contributed by atoms with Crippen LogP contribution in [0.1, 0.15) is 178 Å². The van der Waals surface area contributed by atoms with Crippen LogP contribution < -0.4 is 0 Å². The fraction of sp³-hybridized carbons (Fsp3) is 1.00. The molecule has 11 atom stereocenters. The summed E-state index contributed by atoms with van der Waals surface area (Å²) >= 11 is 0. The van der Waals surface area contributed by atoms with Crippen LogP contribution >= 0.6 is 0 Å². The molecule has 0 N–H and O–H groups in total. The Morgan fingerprint density at radius 3 is 1.29 bits per heavy atom. The van der Waals surface area contributed by atoms with Crippen molar-refractivity contribution in [2.45, 2.75) is 178 Å². The van der Waals surface area contributed by atoms with Gasteiger partial charge in [-0.15, -0.1) is 0 Å². The van der Waals surface area contributed by atoms with Gasteiger partial charge in [0.2, 0.25) is 0 Å². The van der Waals surface area contributed by atoms with E-state index in [4.69, 9.17) is 0 Å². The third kappa shape index (κ3) is 9.05. The van der Waals surface area contributed by atoms with Gasteiger partial charge in [0, 0.05) is 0 Å². The van der Waals surface area contributed by atoms with Crippen LogP contribution in [0.15, 0.2) is 0 Å². The smallest absolute Gasteiger partial charge is 0.0295 e. The topological polar surface area (TPSA) is 0 Å². The standard InChI is InChI=1S/3C14H26/c1-10(2)5-6-11-7-8-12-9-13(11)14(12,3)4;2*1-4-11-5-12-7-13(6-11)9-14(8-12)10(2)3/h10-13H,5-9H2,1-4H3;2*10-14H,4-9H2,1-3H3/t11-,12-,13-;2*11?,12-,13+,14?/m0../s1. The van der Waals surface area contributed by atoms with Crippen molar-refractivity contribution in [3.05, 3.63) is 0 Å². The predicted octanol–water partition coefficient (Wildman–Crippen LogP) is 13.5. The molecule has 0 aromatic rings. The molecular weight excluding hydrogens is 504 g/mol. The lowest BCUT2D eigenvalue weighted by atomic mass is 9.45. The molecule has 0 saturated heterocycles. The van der Waals surface area contributed by atoms with Crippen LogP contribution in [0.4, 0.5) is 0 Å². The van der Waals surface area contributed by atoms with Crippen LogP contribution in [0.25, 0.3) is 0 Å². The van der Waals surface area contributed by atoms with Gasteiger partial charge in [-0.3, -0.25) is 0 Å². The van der Waals surface area contributed by atoms with E-state index in [0.29, 0.717) is 5.41 Å². The Labute approximate surface area is 266 Å². The fourth-order valence-corrected chi connectivity index (χ4v) is 11.7. The lowest BCUT2D eigenvalue weighted by Gasteiger charge is -2.60. The highest BCUT2D eigenvalue weighted by molar-refractivity contribution is 5.03. The van der Waals surface area contributed by atoms with E-state index in [1.165, 1.54) is 38.5 Å². The van der Waals surface area contributed by atoms with Crippen LogP contribution in [0, 0.1) is 88.3 Å². The van der Waals surface area contributed by atoms with E-state index in [0.717, 1.165) is 82.9 Å². The Balaban J connectivity index is 0.000000145. The Bertz CT molecular complexity index is 701. The lowest BCUT2D eigenvalue weighted by Crippen LogP contribution is -2.52. The first-order valence-electron chi connectivity index (χ1n) is 19.9. The molecule has 0 aromatic heterocycles. The summed E-state index contributed by atoms with van der Waals surface area (Å²) in [6, 6.07) is 0. The number of fused-ring (bicyclic) bond motifs is 6. The van der Waals surface area contributed by atoms with E-state index in [2.05, 4.69) is 69.2 Å². The highest BCUT2D eigenvalue weighted by Gasteiger charge is 2.53. The van der Waals surface area contributed by atoms with E-state index in [1.54, 1.807) is 70.6 Å². The van der Waals surface area contributed by atoms with E-state index in [1.807, 2.05) is 0 Å². The molecule has 7 aliphatic rings. The summed E-state index contributed by atoms with van der Waals surface area (Å²) in [6.07, 6.45) is 25.9. The Hall–Kier alpha value is 0. The van der Waals surface area contributed by atoms with Crippen molar-refractivity contribution in [3.63, 3.8) is 0 Å². The molecule has 7 fully saturated rings. The molecule has 7 rings (SSSR count). The minimum Gasteiger partial charge on any atom is -0.0651 e. The van der Waals surface area contributed by atoms with Crippen molar-refractivity contribution in [2.24, 2.45) is 88.3 Å². The molecule has 0 aromatic carbocycles. The molecule has 4 unspecified atom stereocenters. The van der Waals surface area contributed by atoms with E-state index in [9.17, 15) is 0 Å². The Kier molecular flexibility index (Phi) is 12.9. The zero-order chi connectivity index (χ0) is 30.6. The van der Waals surface area contributed by atoms with Crippen LogP contribution in [-0.2, 0) is 0 Å². The zero-order valence-corrected chi connectivity index (χ0v) is 30.6.